The highest BCUT2D eigenvalue weighted by molar-refractivity contribution is 4.68. The Morgan fingerprint density at radius 1 is 0.923 bits per heavy atom. The van der Waals surface area contributed by atoms with Gasteiger partial charge in [-0.15, -0.1) is 0 Å². The van der Waals surface area contributed by atoms with Gasteiger partial charge in [0.2, 0.25) is 0 Å². The third-order valence-corrected chi connectivity index (χ3v) is 2.81. The molecule has 0 aliphatic carbocycles. The molecule has 0 fully saturated rings. The maximum Gasteiger partial charge on any atom is -0.0354 e. The molecule has 0 nitrogen and oxygen atoms in total. The largest absolute Gasteiger partial charge is 0.0654 e. The standard InChI is InChI=1S/C13H27/c1-5-7-9-11-13(3,4)12-10-8-6-2/h1,5-12H2,2-4H3. The van der Waals surface area contributed by atoms with Gasteiger partial charge in [0, 0.05) is 0 Å². The zero-order chi connectivity index (χ0) is 10.2. The van der Waals surface area contributed by atoms with Gasteiger partial charge in [0.05, 0.1) is 0 Å². The SMILES string of the molecule is [CH2]CCCCC(C)(C)CCCCC. The second-order valence-electron chi connectivity index (χ2n) is 4.93. The zero-order valence-corrected chi connectivity index (χ0v) is 9.86. The second kappa shape index (κ2) is 7.41. The molecule has 0 unspecified atom stereocenters. The summed E-state index contributed by atoms with van der Waals surface area (Å²) in [5.41, 5.74) is 0.574. The molecule has 0 aliphatic rings. The van der Waals surface area contributed by atoms with Crippen LogP contribution in [0.5, 0.6) is 0 Å². The van der Waals surface area contributed by atoms with E-state index >= 15 is 0 Å². The van der Waals surface area contributed by atoms with Gasteiger partial charge in [-0.3, -0.25) is 0 Å². The zero-order valence-electron chi connectivity index (χ0n) is 9.86. The van der Waals surface area contributed by atoms with E-state index in [1.54, 1.807) is 0 Å². The van der Waals surface area contributed by atoms with E-state index in [0.29, 0.717) is 5.41 Å². The number of rotatable bonds is 8. The van der Waals surface area contributed by atoms with Crippen molar-refractivity contribution >= 4 is 0 Å². The summed E-state index contributed by atoms with van der Waals surface area (Å²) in [5, 5.41) is 0. The van der Waals surface area contributed by atoms with E-state index in [4.69, 9.17) is 0 Å². The molecule has 13 heavy (non-hydrogen) atoms. The monoisotopic (exact) mass is 183 g/mol. The van der Waals surface area contributed by atoms with Gasteiger partial charge in [0.1, 0.15) is 0 Å². The minimum Gasteiger partial charge on any atom is -0.0654 e. The van der Waals surface area contributed by atoms with Crippen LogP contribution in [-0.2, 0) is 0 Å². The molecule has 0 heterocycles. The Bertz CT molecular complexity index is 90.6. The molecule has 0 bridgehead atoms. The van der Waals surface area contributed by atoms with Gasteiger partial charge in [0.15, 0.2) is 0 Å². The van der Waals surface area contributed by atoms with Crippen molar-refractivity contribution in [1.29, 1.82) is 0 Å². The summed E-state index contributed by atoms with van der Waals surface area (Å²) in [6.45, 7) is 11.0. The maximum atomic E-state index is 3.88. The van der Waals surface area contributed by atoms with E-state index in [1.807, 2.05) is 0 Å². The van der Waals surface area contributed by atoms with E-state index in [1.165, 1.54) is 44.9 Å². The molecule has 79 valence electrons. The summed E-state index contributed by atoms with van der Waals surface area (Å²) in [5.74, 6) is 0. The lowest BCUT2D eigenvalue weighted by Crippen LogP contribution is -2.10. The first-order valence-electron chi connectivity index (χ1n) is 5.91. The Morgan fingerprint density at radius 3 is 1.92 bits per heavy atom. The minimum atomic E-state index is 0.574. The lowest BCUT2D eigenvalue weighted by Gasteiger charge is -2.24. The molecule has 0 saturated carbocycles. The fourth-order valence-electron chi connectivity index (χ4n) is 1.76. The summed E-state index contributed by atoms with van der Waals surface area (Å²) in [6, 6.07) is 0. The summed E-state index contributed by atoms with van der Waals surface area (Å²) in [7, 11) is 0. The summed E-state index contributed by atoms with van der Waals surface area (Å²) in [4.78, 5) is 0. The highest BCUT2D eigenvalue weighted by Gasteiger charge is 2.15. The highest BCUT2D eigenvalue weighted by atomic mass is 14.2. The van der Waals surface area contributed by atoms with E-state index < -0.39 is 0 Å². The Labute approximate surface area is 85.1 Å². The van der Waals surface area contributed by atoms with Crippen LogP contribution in [0.1, 0.15) is 72.1 Å². The van der Waals surface area contributed by atoms with Crippen LogP contribution in [0, 0.1) is 12.3 Å². The van der Waals surface area contributed by atoms with Crippen LogP contribution >= 0.6 is 0 Å². The molecule has 0 aromatic rings. The minimum absolute atomic E-state index is 0.574. The van der Waals surface area contributed by atoms with E-state index in [9.17, 15) is 0 Å². The van der Waals surface area contributed by atoms with Crippen LogP contribution in [0.15, 0.2) is 0 Å². The van der Waals surface area contributed by atoms with Gasteiger partial charge in [0.25, 0.3) is 0 Å². The quantitative estimate of drug-likeness (QED) is 0.465. The fourth-order valence-corrected chi connectivity index (χ4v) is 1.76. The average molecular weight is 183 g/mol. The normalized spacial score (nSPS) is 12.0. The van der Waals surface area contributed by atoms with E-state index in [0.717, 1.165) is 6.42 Å². The molecule has 0 heteroatoms. The third-order valence-electron chi connectivity index (χ3n) is 2.81. The van der Waals surface area contributed by atoms with Crippen LogP contribution in [0.25, 0.3) is 0 Å². The van der Waals surface area contributed by atoms with Gasteiger partial charge in [-0.05, 0) is 18.3 Å². The molecule has 0 aromatic carbocycles. The average Bonchev–Trinajstić information content (AvgIpc) is 2.05. The van der Waals surface area contributed by atoms with Gasteiger partial charge in [-0.1, -0.05) is 66.2 Å². The van der Waals surface area contributed by atoms with Gasteiger partial charge >= 0.3 is 0 Å². The molecular weight excluding hydrogens is 156 g/mol. The molecule has 0 saturated heterocycles. The van der Waals surface area contributed by atoms with Crippen LogP contribution < -0.4 is 0 Å². The molecule has 0 N–H and O–H groups in total. The van der Waals surface area contributed by atoms with E-state index in [2.05, 4.69) is 27.7 Å². The van der Waals surface area contributed by atoms with Gasteiger partial charge < -0.3 is 0 Å². The first-order valence-corrected chi connectivity index (χ1v) is 5.91. The molecule has 0 aromatic heterocycles. The molecular formula is C13H27. The Kier molecular flexibility index (Phi) is 7.41. The molecule has 1 radical (unpaired) electrons. The Morgan fingerprint density at radius 2 is 1.46 bits per heavy atom. The molecule has 0 amide bonds. The second-order valence-corrected chi connectivity index (χ2v) is 4.93. The Hall–Kier alpha value is 0. The van der Waals surface area contributed by atoms with Gasteiger partial charge in [-0.25, -0.2) is 0 Å². The molecule has 0 aliphatic heterocycles. The predicted octanol–water partition coefficient (Wildman–Crippen LogP) is 4.99. The number of hydrogen-bond acceptors (Lipinski definition) is 0. The number of hydrogen-bond donors (Lipinski definition) is 0. The molecule has 0 rings (SSSR count). The van der Waals surface area contributed by atoms with Gasteiger partial charge in [-0.2, -0.15) is 0 Å². The van der Waals surface area contributed by atoms with Crippen molar-refractivity contribution in [1.82, 2.24) is 0 Å². The van der Waals surface area contributed by atoms with Crippen molar-refractivity contribution < 1.29 is 0 Å². The van der Waals surface area contributed by atoms with E-state index in [-0.39, 0.29) is 0 Å². The third kappa shape index (κ3) is 8.33. The van der Waals surface area contributed by atoms with Crippen LogP contribution in [0.3, 0.4) is 0 Å². The lowest BCUT2D eigenvalue weighted by atomic mass is 9.82. The topological polar surface area (TPSA) is 0 Å². The first kappa shape index (κ1) is 13.0. The summed E-state index contributed by atoms with van der Waals surface area (Å²) in [6.07, 6.45) is 10.7. The van der Waals surface area contributed by atoms with Crippen LogP contribution in [0.2, 0.25) is 0 Å². The number of unbranched alkanes of at least 4 members (excludes halogenated alkanes) is 4. The van der Waals surface area contributed by atoms with Crippen molar-refractivity contribution in [3.8, 4) is 0 Å². The summed E-state index contributed by atoms with van der Waals surface area (Å²) < 4.78 is 0. The van der Waals surface area contributed by atoms with Crippen molar-refractivity contribution in [2.24, 2.45) is 5.41 Å². The molecule has 0 atom stereocenters. The smallest absolute Gasteiger partial charge is 0.0354 e. The predicted molar refractivity (Wildman–Crippen MR) is 61.7 cm³/mol. The van der Waals surface area contributed by atoms with Crippen molar-refractivity contribution in [3.05, 3.63) is 6.92 Å². The van der Waals surface area contributed by atoms with Crippen molar-refractivity contribution in [3.63, 3.8) is 0 Å². The van der Waals surface area contributed by atoms with Crippen LogP contribution in [0.4, 0.5) is 0 Å². The first-order chi connectivity index (χ1) is 6.12. The molecule has 0 spiro atoms. The lowest BCUT2D eigenvalue weighted by molar-refractivity contribution is 0.285. The summed E-state index contributed by atoms with van der Waals surface area (Å²) >= 11 is 0. The maximum absolute atomic E-state index is 3.88. The van der Waals surface area contributed by atoms with Crippen molar-refractivity contribution in [2.45, 2.75) is 72.1 Å². The van der Waals surface area contributed by atoms with Crippen LogP contribution in [-0.4, -0.2) is 0 Å². The highest BCUT2D eigenvalue weighted by Crippen LogP contribution is 2.29. The Balaban J connectivity index is 3.42. The van der Waals surface area contributed by atoms with Crippen molar-refractivity contribution in [2.75, 3.05) is 0 Å². The fraction of sp³-hybridized carbons (Fsp3) is 0.923.